The molecule has 5 rings (SSSR count). The lowest BCUT2D eigenvalue weighted by atomic mass is 10.1. The van der Waals surface area contributed by atoms with Crippen LogP contribution in [0.2, 0.25) is 18.1 Å². The summed E-state index contributed by atoms with van der Waals surface area (Å²) >= 11 is 0. The van der Waals surface area contributed by atoms with Gasteiger partial charge in [0.15, 0.2) is 8.32 Å². The first kappa shape index (κ1) is 23.3. The van der Waals surface area contributed by atoms with Gasteiger partial charge >= 0.3 is 0 Å². The van der Waals surface area contributed by atoms with E-state index in [1.54, 1.807) is 4.57 Å². The van der Waals surface area contributed by atoms with Crippen LogP contribution in [0.25, 0.3) is 33.2 Å². The maximum atomic E-state index is 13.1. The molecular formula is C28H31N3O3Si. The number of benzene rings is 2. The number of hydrogen-bond donors (Lipinski definition) is 1. The number of nitrogens with zero attached hydrogens (tertiary/aromatic N) is 2. The third kappa shape index (κ3) is 3.94. The van der Waals surface area contributed by atoms with Crippen LogP contribution in [0.5, 0.6) is 0 Å². The Bertz CT molecular complexity index is 1500. The van der Waals surface area contributed by atoms with E-state index in [4.69, 9.17) is 4.43 Å². The minimum atomic E-state index is -1.87. The molecule has 0 saturated heterocycles. The minimum absolute atomic E-state index is 0.141. The molecule has 6 nitrogen and oxygen atoms in total. The predicted octanol–water partition coefficient (Wildman–Crippen LogP) is 5.64. The molecule has 2 aromatic heterocycles. The fraction of sp³-hybridized carbons (Fsp3) is 0.286. The number of carbonyl (C=O) groups excluding carboxylic acids is 2. The number of para-hydroxylation sites is 2. The van der Waals surface area contributed by atoms with Crippen molar-refractivity contribution in [3.63, 3.8) is 0 Å². The highest BCUT2D eigenvalue weighted by Crippen LogP contribution is 2.37. The maximum absolute atomic E-state index is 13.1. The van der Waals surface area contributed by atoms with Crippen molar-refractivity contribution in [3.8, 4) is 0 Å². The van der Waals surface area contributed by atoms with Crippen molar-refractivity contribution in [1.29, 1.82) is 0 Å². The minimum Gasteiger partial charge on any atom is -0.416 e. The maximum Gasteiger partial charge on any atom is 0.277 e. The second-order valence-electron chi connectivity index (χ2n) is 10.6. The van der Waals surface area contributed by atoms with Gasteiger partial charge in [-0.15, -0.1) is 0 Å². The zero-order valence-electron chi connectivity index (χ0n) is 20.9. The SMILES string of the molecule is CC(C)(C)[Si](C)(C)OCCc1cn(C2=C(n3ccc4ccccc43)C(=O)NC2=O)c2ccccc12. The normalized spacial score (nSPS) is 15.0. The Hall–Kier alpha value is -3.42. The van der Waals surface area contributed by atoms with Crippen molar-refractivity contribution in [1.82, 2.24) is 14.5 Å². The lowest BCUT2D eigenvalue weighted by Crippen LogP contribution is -2.41. The molecular weight excluding hydrogens is 454 g/mol. The van der Waals surface area contributed by atoms with Crippen LogP contribution in [0.4, 0.5) is 0 Å². The zero-order valence-corrected chi connectivity index (χ0v) is 21.9. The summed E-state index contributed by atoms with van der Waals surface area (Å²) in [6.07, 6.45) is 4.56. The van der Waals surface area contributed by atoms with Gasteiger partial charge in [0.25, 0.3) is 11.8 Å². The summed E-state index contributed by atoms with van der Waals surface area (Å²) in [6, 6.07) is 17.8. The van der Waals surface area contributed by atoms with Crippen molar-refractivity contribution in [3.05, 3.63) is 72.6 Å². The highest BCUT2D eigenvalue weighted by molar-refractivity contribution is 6.74. The number of rotatable bonds is 6. The third-order valence-corrected chi connectivity index (χ3v) is 11.9. The van der Waals surface area contributed by atoms with Gasteiger partial charge in [-0.05, 0) is 53.7 Å². The van der Waals surface area contributed by atoms with Crippen molar-refractivity contribution >= 4 is 53.3 Å². The van der Waals surface area contributed by atoms with Gasteiger partial charge in [-0.25, -0.2) is 0 Å². The molecule has 0 radical (unpaired) electrons. The molecule has 4 aromatic rings. The van der Waals surface area contributed by atoms with Gasteiger partial charge in [-0.1, -0.05) is 57.2 Å². The Morgan fingerprint density at radius 1 is 0.857 bits per heavy atom. The Morgan fingerprint density at radius 2 is 1.49 bits per heavy atom. The monoisotopic (exact) mass is 485 g/mol. The van der Waals surface area contributed by atoms with Gasteiger partial charge in [0, 0.05) is 24.4 Å². The van der Waals surface area contributed by atoms with Crippen LogP contribution in [0.15, 0.2) is 67.0 Å². The Kier molecular flexibility index (Phi) is 5.57. The van der Waals surface area contributed by atoms with E-state index in [0.29, 0.717) is 18.0 Å². The molecule has 1 aliphatic rings. The molecule has 7 heteroatoms. The lowest BCUT2D eigenvalue weighted by Gasteiger charge is -2.36. The molecule has 3 heterocycles. The fourth-order valence-electron chi connectivity index (χ4n) is 4.43. The van der Waals surface area contributed by atoms with Gasteiger partial charge < -0.3 is 13.6 Å². The molecule has 0 saturated carbocycles. The Labute approximate surface area is 206 Å². The van der Waals surface area contributed by atoms with Crippen molar-refractivity contribution in [2.75, 3.05) is 6.61 Å². The summed E-state index contributed by atoms with van der Waals surface area (Å²) in [5.74, 6) is -0.792. The number of aromatic nitrogens is 2. The van der Waals surface area contributed by atoms with Crippen LogP contribution < -0.4 is 5.32 Å². The zero-order chi connectivity index (χ0) is 25.0. The van der Waals surface area contributed by atoms with Crippen molar-refractivity contribution in [2.24, 2.45) is 0 Å². The van der Waals surface area contributed by atoms with Gasteiger partial charge in [-0.2, -0.15) is 0 Å². The van der Waals surface area contributed by atoms with Crippen LogP contribution in [0.3, 0.4) is 0 Å². The Balaban J connectivity index is 1.60. The van der Waals surface area contributed by atoms with E-state index in [1.807, 2.05) is 65.5 Å². The molecule has 0 fully saturated rings. The number of nitrogens with one attached hydrogen (secondary N) is 1. The smallest absolute Gasteiger partial charge is 0.277 e. The quantitative estimate of drug-likeness (QED) is 0.284. The number of imide groups is 1. The number of carbonyl (C=O) groups is 2. The molecule has 180 valence electrons. The van der Waals surface area contributed by atoms with E-state index in [-0.39, 0.29) is 5.04 Å². The standard InChI is InChI=1S/C28H31N3O3Si/c1-28(2,3)35(4,5)34-17-15-20-18-31(23-13-9-7-11-21(20)23)25-24(26(32)29-27(25)33)30-16-14-19-10-6-8-12-22(19)30/h6-14,16,18H,15,17H2,1-5H3,(H,29,32,33). The fourth-order valence-corrected chi connectivity index (χ4v) is 5.47. The predicted molar refractivity (Wildman–Crippen MR) is 143 cm³/mol. The number of amides is 2. The van der Waals surface area contributed by atoms with Crippen molar-refractivity contribution < 1.29 is 14.0 Å². The summed E-state index contributed by atoms with van der Waals surface area (Å²) in [6.45, 7) is 11.8. The molecule has 0 spiro atoms. The first-order valence-electron chi connectivity index (χ1n) is 12.0. The highest BCUT2D eigenvalue weighted by atomic mass is 28.4. The van der Waals surface area contributed by atoms with Gasteiger partial charge in [0.1, 0.15) is 11.4 Å². The topological polar surface area (TPSA) is 65.3 Å². The second-order valence-corrected chi connectivity index (χ2v) is 15.4. The van der Waals surface area contributed by atoms with E-state index in [1.165, 1.54) is 0 Å². The van der Waals surface area contributed by atoms with E-state index in [0.717, 1.165) is 33.8 Å². The van der Waals surface area contributed by atoms with E-state index in [9.17, 15) is 9.59 Å². The molecule has 1 aliphatic heterocycles. The van der Waals surface area contributed by atoms with Crippen LogP contribution in [-0.2, 0) is 20.4 Å². The van der Waals surface area contributed by atoms with Gasteiger partial charge in [-0.3, -0.25) is 14.9 Å². The largest absolute Gasteiger partial charge is 0.416 e. The molecule has 2 amide bonds. The highest BCUT2D eigenvalue weighted by Gasteiger charge is 2.37. The summed E-state index contributed by atoms with van der Waals surface area (Å²) in [7, 11) is -1.87. The third-order valence-electron chi connectivity index (χ3n) is 7.40. The number of fused-ring (bicyclic) bond motifs is 2. The Morgan fingerprint density at radius 3 is 2.20 bits per heavy atom. The summed E-state index contributed by atoms with van der Waals surface area (Å²) < 4.78 is 10.1. The van der Waals surface area contributed by atoms with Crippen LogP contribution >= 0.6 is 0 Å². The molecule has 1 N–H and O–H groups in total. The van der Waals surface area contributed by atoms with Crippen molar-refractivity contribution in [2.45, 2.75) is 45.3 Å². The molecule has 0 atom stereocenters. The van der Waals surface area contributed by atoms with Crippen LogP contribution in [0.1, 0.15) is 26.3 Å². The first-order valence-corrected chi connectivity index (χ1v) is 14.9. The number of hydrogen-bond acceptors (Lipinski definition) is 3. The average Bonchev–Trinajstić information content (AvgIpc) is 3.46. The summed E-state index contributed by atoms with van der Waals surface area (Å²) in [4.78, 5) is 26.1. The molecule has 0 unspecified atom stereocenters. The summed E-state index contributed by atoms with van der Waals surface area (Å²) in [5.41, 5.74) is 3.54. The van der Waals surface area contributed by atoms with Crippen LogP contribution in [-0.4, -0.2) is 35.9 Å². The van der Waals surface area contributed by atoms with E-state index >= 15 is 0 Å². The van der Waals surface area contributed by atoms with Gasteiger partial charge in [0.05, 0.1) is 11.0 Å². The van der Waals surface area contributed by atoms with Crippen LogP contribution in [0, 0.1) is 0 Å². The first-order chi connectivity index (χ1) is 16.6. The average molecular weight is 486 g/mol. The molecule has 0 aliphatic carbocycles. The van der Waals surface area contributed by atoms with E-state index < -0.39 is 20.1 Å². The van der Waals surface area contributed by atoms with Gasteiger partial charge in [0.2, 0.25) is 0 Å². The molecule has 35 heavy (non-hydrogen) atoms. The van der Waals surface area contributed by atoms with E-state index in [2.05, 4.69) is 45.2 Å². The molecule has 0 bridgehead atoms. The summed E-state index contributed by atoms with van der Waals surface area (Å²) in [5, 5.41) is 4.72. The second kappa shape index (κ2) is 8.36. The lowest BCUT2D eigenvalue weighted by molar-refractivity contribution is -0.123. The molecule has 2 aromatic carbocycles.